The van der Waals surface area contributed by atoms with Gasteiger partial charge in [-0.05, 0) is 32.4 Å². The first-order valence-corrected chi connectivity index (χ1v) is 11.2. The Morgan fingerprint density at radius 2 is 2.00 bits per heavy atom. The second-order valence-electron chi connectivity index (χ2n) is 7.77. The Balaban J connectivity index is 1.60. The number of nitrogens with one attached hydrogen (secondary N) is 1. The van der Waals surface area contributed by atoms with Gasteiger partial charge in [0.2, 0.25) is 0 Å². The number of aromatic nitrogens is 1. The van der Waals surface area contributed by atoms with E-state index in [1.807, 2.05) is 6.92 Å². The first-order valence-electron chi connectivity index (χ1n) is 10.4. The molecule has 0 spiro atoms. The van der Waals surface area contributed by atoms with Crippen molar-refractivity contribution in [3.63, 3.8) is 0 Å². The highest BCUT2D eigenvalue weighted by Crippen LogP contribution is 2.39. The van der Waals surface area contributed by atoms with E-state index in [1.54, 1.807) is 32.0 Å². The molecule has 12 heteroatoms. The Labute approximate surface area is 197 Å². The second kappa shape index (κ2) is 8.80. The lowest BCUT2D eigenvalue weighted by Gasteiger charge is -2.29. The van der Waals surface area contributed by atoms with E-state index in [9.17, 15) is 19.5 Å². The van der Waals surface area contributed by atoms with E-state index in [-0.39, 0.29) is 33.5 Å². The first kappa shape index (κ1) is 23.3. The number of hydrogen-bond acceptors (Lipinski definition) is 11. The molecule has 4 N–H and O–H groups in total. The Bertz CT molecular complexity index is 1430. The molecule has 178 valence electrons. The van der Waals surface area contributed by atoms with Gasteiger partial charge in [-0.25, -0.2) is 5.84 Å². The molecule has 3 aromatic heterocycles. The molecule has 3 heterocycles. The van der Waals surface area contributed by atoms with Crippen molar-refractivity contribution in [1.82, 2.24) is 5.16 Å². The number of hydrogen-bond donors (Lipinski definition) is 3. The zero-order chi connectivity index (χ0) is 24.7. The number of thiophene rings is 1. The number of nitrogens with two attached hydrogens (primary N) is 1. The highest BCUT2D eigenvalue weighted by atomic mass is 32.1. The molecule has 34 heavy (non-hydrogen) atoms. The van der Waals surface area contributed by atoms with Crippen LogP contribution in [0.3, 0.4) is 0 Å². The molecule has 0 aliphatic carbocycles. The summed E-state index contributed by atoms with van der Waals surface area (Å²) in [6, 6.07) is 4.65. The van der Waals surface area contributed by atoms with Crippen LogP contribution in [-0.4, -0.2) is 23.2 Å². The standard InChI is InChI=1S/C22H23N5O6S/c1-5-13(14-7-6-10(2)32-14)27(23)17-16(19(29)20(17)30)24-12-9-34-21(18(12)28)22(31)26(4)15-8-11(3)33-25-15/h6-9,13,24,28H,5,23H2,1-4H3/t13-/m1/s1. The fourth-order valence-electron chi connectivity index (χ4n) is 3.56. The van der Waals surface area contributed by atoms with Crippen molar-refractivity contribution >= 4 is 40.1 Å². The fourth-order valence-corrected chi connectivity index (χ4v) is 4.43. The van der Waals surface area contributed by atoms with Crippen molar-refractivity contribution in [2.75, 3.05) is 22.3 Å². The van der Waals surface area contributed by atoms with Gasteiger partial charge in [0.1, 0.15) is 39.6 Å². The molecule has 0 saturated carbocycles. The maximum Gasteiger partial charge on any atom is 0.273 e. The summed E-state index contributed by atoms with van der Waals surface area (Å²) in [5.74, 6) is 7.41. The Morgan fingerprint density at radius 3 is 2.59 bits per heavy atom. The summed E-state index contributed by atoms with van der Waals surface area (Å²) in [5.41, 5.74) is -1.52. The molecule has 0 fully saturated rings. The monoisotopic (exact) mass is 485 g/mol. The minimum atomic E-state index is -0.774. The van der Waals surface area contributed by atoms with Gasteiger partial charge in [-0.15, -0.1) is 11.3 Å². The Kier molecular flexibility index (Phi) is 6.02. The summed E-state index contributed by atoms with van der Waals surface area (Å²) in [7, 11) is 1.49. The third kappa shape index (κ3) is 3.86. The highest BCUT2D eigenvalue weighted by Gasteiger charge is 2.32. The SMILES string of the molecule is CC[C@H](c1ccc(C)o1)N(N)c1c(Nc2csc(C(=O)N(C)c3cc(C)on3)c2O)c(=O)c1=O. The van der Waals surface area contributed by atoms with E-state index < -0.39 is 22.8 Å². The van der Waals surface area contributed by atoms with Crippen molar-refractivity contribution < 1.29 is 18.8 Å². The zero-order valence-corrected chi connectivity index (χ0v) is 19.7. The van der Waals surface area contributed by atoms with Gasteiger partial charge in [0.25, 0.3) is 16.8 Å². The van der Waals surface area contributed by atoms with Gasteiger partial charge in [-0.3, -0.25) is 24.3 Å². The lowest BCUT2D eigenvalue weighted by atomic mass is 10.1. The predicted octanol–water partition coefficient (Wildman–Crippen LogP) is 3.10. The molecule has 4 rings (SSSR count). The van der Waals surface area contributed by atoms with Crippen LogP contribution >= 0.6 is 11.3 Å². The molecule has 1 atom stereocenters. The van der Waals surface area contributed by atoms with Crippen LogP contribution in [0.15, 0.2) is 42.1 Å². The zero-order valence-electron chi connectivity index (χ0n) is 18.9. The second-order valence-corrected chi connectivity index (χ2v) is 8.65. The topological polar surface area (TPSA) is 155 Å². The molecule has 4 aromatic rings. The molecule has 0 bridgehead atoms. The van der Waals surface area contributed by atoms with Crippen LogP contribution in [0, 0.1) is 13.8 Å². The summed E-state index contributed by atoms with van der Waals surface area (Å²) in [6.07, 6.45) is 0.512. The van der Waals surface area contributed by atoms with Gasteiger partial charge < -0.3 is 19.4 Å². The molecule has 0 aliphatic heterocycles. The molecule has 0 saturated heterocycles. The summed E-state index contributed by atoms with van der Waals surface area (Å²) in [4.78, 5) is 38.8. The summed E-state index contributed by atoms with van der Waals surface area (Å²) >= 11 is 0.972. The smallest absolute Gasteiger partial charge is 0.273 e. The van der Waals surface area contributed by atoms with Gasteiger partial charge in [0, 0.05) is 18.5 Å². The number of amides is 1. The minimum absolute atomic E-state index is 0.0213. The normalized spacial score (nSPS) is 12.1. The molecule has 0 radical (unpaired) electrons. The number of anilines is 4. The van der Waals surface area contributed by atoms with Crippen LogP contribution in [-0.2, 0) is 0 Å². The van der Waals surface area contributed by atoms with Crippen LogP contribution in [0.2, 0.25) is 0 Å². The maximum absolute atomic E-state index is 12.8. The maximum atomic E-state index is 12.8. The minimum Gasteiger partial charge on any atom is -0.504 e. The Hall–Kier alpha value is -3.90. The number of furan rings is 1. The molecule has 0 aliphatic rings. The lowest BCUT2D eigenvalue weighted by Crippen LogP contribution is -2.46. The average Bonchev–Trinajstić information content (AvgIpc) is 3.53. The van der Waals surface area contributed by atoms with Gasteiger partial charge in [0.15, 0.2) is 11.6 Å². The third-order valence-corrected chi connectivity index (χ3v) is 6.40. The number of rotatable bonds is 8. The van der Waals surface area contributed by atoms with Gasteiger partial charge in [-0.2, -0.15) is 0 Å². The summed E-state index contributed by atoms with van der Waals surface area (Å²) in [5, 5.41) is 19.9. The van der Waals surface area contributed by atoms with E-state index in [4.69, 9.17) is 14.8 Å². The molecule has 0 unspecified atom stereocenters. The van der Waals surface area contributed by atoms with Crippen LogP contribution in [0.1, 0.15) is 46.3 Å². The number of aromatic hydroxyl groups is 1. The third-order valence-electron chi connectivity index (χ3n) is 5.44. The summed E-state index contributed by atoms with van der Waals surface area (Å²) < 4.78 is 10.6. The van der Waals surface area contributed by atoms with E-state index in [2.05, 4.69) is 10.5 Å². The van der Waals surface area contributed by atoms with Gasteiger partial charge in [0.05, 0.1) is 5.69 Å². The van der Waals surface area contributed by atoms with Gasteiger partial charge >= 0.3 is 0 Å². The number of nitrogens with zero attached hydrogens (tertiary/aromatic N) is 3. The van der Waals surface area contributed by atoms with Crippen LogP contribution < -0.4 is 31.9 Å². The van der Waals surface area contributed by atoms with Crippen LogP contribution in [0.25, 0.3) is 0 Å². The van der Waals surface area contributed by atoms with E-state index in [1.165, 1.54) is 22.3 Å². The van der Waals surface area contributed by atoms with Crippen molar-refractivity contribution in [1.29, 1.82) is 0 Å². The largest absolute Gasteiger partial charge is 0.504 e. The number of hydrazine groups is 1. The summed E-state index contributed by atoms with van der Waals surface area (Å²) in [6.45, 7) is 5.36. The van der Waals surface area contributed by atoms with E-state index in [0.29, 0.717) is 23.7 Å². The van der Waals surface area contributed by atoms with Crippen LogP contribution in [0.5, 0.6) is 5.75 Å². The number of aryl methyl sites for hydroxylation is 2. The van der Waals surface area contributed by atoms with Crippen molar-refractivity contribution in [3.05, 3.63) is 66.2 Å². The molecule has 11 nitrogen and oxygen atoms in total. The van der Waals surface area contributed by atoms with Crippen molar-refractivity contribution in [2.45, 2.75) is 33.2 Å². The molecular formula is C22H23N5O6S. The van der Waals surface area contributed by atoms with E-state index >= 15 is 0 Å². The molecule has 1 amide bonds. The molecule has 1 aromatic carbocycles. The quantitative estimate of drug-likeness (QED) is 0.193. The van der Waals surface area contributed by atoms with E-state index in [0.717, 1.165) is 11.3 Å². The Morgan fingerprint density at radius 1 is 1.26 bits per heavy atom. The van der Waals surface area contributed by atoms with Crippen molar-refractivity contribution in [2.24, 2.45) is 5.84 Å². The average molecular weight is 486 g/mol. The lowest BCUT2D eigenvalue weighted by molar-refractivity contribution is 0.0993. The highest BCUT2D eigenvalue weighted by molar-refractivity contribution is 7.13. The van der Waals surface area contributed by atoms with Crippen LogP contribution in [0.4, 0.5) is 22.9 Å². The fraction of sp³-hybridized carbons (Fsp3) is 0.273. The predicted molar refractivity (Wildman–Crippen MR) is 128 cm³/mol. The number of carbonyl (C=O) groups excluding carboxylic acids is 1. The van der Waals surface area contributed by atoms with Crippen molar-refractivity contribution in [3.8, 4) is 5.75 Å². The molecular weight excluding hydrogens is 462 g/mol. The first-order chi connectivity index (χ1) is 16.1. The van der Waals surface area contributed by atoms with Gasteiger partial charge in [-0.1, -0.05) is 12.1 Å². The number of carbonyl (C=O) groups is 1.